The number of carbonyl (C=O) groups is 5. The van der Waals surface area contributed by atoms with E-state index in [4.69, 9.17) is 10.2 Å². The van der Waals surface area contributed by atoms with Crippen molar-refractivity contribution in [2.24, 2.45) is 5.92 Å². The number of ketones is 1. The van der Waals surface area contributed by atoms with Gasteiger partial charge in [-0.2, -0.15) is 0 Å². The van der Waals surface area contributed by atoms with Crippen LogP contribution in [0.4, 0.5) is 0 Å². The van der Waals surface area contributed by atoms with Crippen molar-refractivity contribution in [1.82, 2.24) is 10.6 Å². The van der Waals surface area contributed by atoms with Gasteiger partial charge in [-0.1, -0.05) is 77.0 Å². The highest BCUT2D eigenvalue weighted by atomic mass is 16.4. The maximum Gasteiger partial charge on any atom is 0.320 e. The quantitative estimate of drug-likeness (QED) is 0.0663. The summed E-state index contributed by atoms with van der Waals surface area (Å²) in [5.74, 6) is -3.82. The second kappa shape index (κ2) is 26.4. The van der Waals surface area contributed by atoms with E-state index in [9.17, 15) is 29.1 Å². The van der Waals surface area contributed by atoms with Gasteiger partial charge in [0, 0.05) is 32.2 Å². The molecule has 2 atom stereocenters. The molecule has 0 saturated heterocycles. The molecule has 0 saturated carbocycles. The number of hydrogen-bond acceptors (Lipinski definition) is 6. The minimum atomic E-state index is -1.05. The standard InChI is InChI=1S/C31H56N2O8/c1-32-27(31(40)41)19-16-17-23-33-28(35)22-21-25(30(38)39)24-26(34)18-14-12-10-8-6-4-2-3-5-7-9-11-13-15-20-29(36)37/h25,27,32H,2-24H2,1H3,(H,33,35)(H,36,37)(H,38,39)(H,40,41)/t25-,27+/m1/s1. The van der Waals surface area contributed by atoms with E-state index in [0.29, 0.717) is 32.2 Å². The van der Waals surface area contributed by atoms with Crippen molar-refractivity contribution in [3.63, 3.8) is 0 Å². The molecule has 0 fully saturated rings. The van der Waals surface area contributed by atoms with Crippen molar-refractivity contribution in [1.29, 1.82) is 0 Å². The Hall–Kier alpha value is -2.49. The Morgan fingerprint density at radius 1 is 0.561 bits per heavy atom. The van der Waals surface area contributed by atoms with Gasteiger partial charge in [0.15, 0.2) is 0 Å². The summed E-state index contributed by atoms with van der Waals surface area (Å²) in [6.07, 6.45) is 18.0. The second-order valence-corrected chi connectivity index (χ2v) is 11.2. The molecule has 10 heteroatoms. The van der Waals surface area contributed by atoms with Gasteiger partial charge in [-0.15, -0.1) is 0 Å². The fourth-order valence-corrected chi connectivity index (χ4v) is 4.90. The smallest absolute Gasteiger partial charge is 0.320 e. The van der Waals surface area contributed by atoms with Crippen molar-refractivity contribution in [2.45, 2.75) is 147 Å². The van der Waals surface area contributed by atoms with Crippen LogP contribution in [0.15, 0.2) is 0 Å². The Morgan fingerprint density at radius 3 is 1.49 bits per heavy atom. The molecule has 0 spiro atoms. The molecule has 0 heterocycles. The van der Waals surface area contributed by atoms with Crippen LogP contribution in [0.3, 0.4) is 0 Å². The van der Waals surface area contributed by atoms with Crippen LogP contribution in [-0.4, -0.2) is 64.6 Å². The number of hydrogen-bond donors (Lipinski definition) is 5. The van der Waals surface area contributed by atoms with E-state index in [1.165, 1.54) is 44.9 Å². The Labute approximate surface area is 246 Å². The Bertz CT molecular complexity index is 744. The zero-order valence-corrected chi connectivity index (χ0v) is 25.3. The largest absolute Gasteiger partial charge is 0.481 e. The zero-order chi connectivity index (χ0) is 30.7. The molecule has 0 aliphatic carbocycles. The number of carboxylic acids is 3. The highest BCUT2D eigenvalue weighted by Crippen LogP contribution is 2.17. The maximum absolute atomic E-state index is 12.3. The fourth-order valence-electron chi connectivity index (χ4n) is 4.90. The summed E-state index contributed by atoms with van der Waals surface area (Å²) in [5.41, 5.74) is 0. The Kier molecular flexibility index (Phi) is 24.8. The molecule has 0 radical (unpaired) electrons. The Morgan fingerprint density at radius 2 is 1.05 bits per heavy atom. The van der Waals surface area contributed by atoms with Gasteiger partial charge in [0.25, 0.3) is 0 Å². The Balaban J connectivity index is 3.73. The first-order valence-corrected chi connectivity index (χ1v) is 15.8. The van der Waals surface area contributed by atoms with E-state index < -0.39 is 29.9 Å². The highest BCUT2D eigenvalue weighted by Gasteiger charge is 2.22. The van der Waals surface area contributed by atoms with Gasteiger partial charge in [0.1, 0.15) is 11.8 Å². The lowest BCUT2D eigenvalue weighted by atomic mass is 9.94. The van der Waals surface area contributed by atoms with Crippen molar-refractivity contribution in [3.05, 3.63) is 0 Å². The third kappa shape index (κ3) is 25.0. The van der Waals surface area contributed by atoms with Crippen LogP contribution in [0.25, 0.3) is 0 Å². The topological polar surface area (TPSA) is 170 Å². The minimum absolute atomic E-state index is 0.0362. The normalized spacial score (nSPS) is 12.5. The fraction of sp³-hybridized carbons (Fsp3) is 0.839. The van der Waals surface area contributed by atoms with Crippen LogP contribution in [0.2, 0.25) is 0 Å². The van der Waals surface area contributed by atoms with Crippen molar-refractivity contribution in [3.8, 4) is 0 Å². The molecule has 0 aromatic heterocycles. The average molecular weight is 585 g/mol. The van der Waals surface area contributed by atoms with E-state index >= 15 is 0 Å². The summed E-state index contributed by atoms with van der Waals surface area (Å²) in [7, 11) is 1.59. The molecular weight excluding hydrogens is 528 g/mol. The summed E-state index contributed by atoms with van der Waals surface area (Å²) in [6.45, 7) is 0.407. The summed E-state index contributed by atoms with van der Waals surface area (Å²) in [5, 5.41) is 32.5. The minimum Gasteiger partial charge on any atom is -0.481 e. The van der Waals surface area contributed by atoms with Crippen molar-refractivity contribution in [2.75, 3.05) is 13.6 Å². The van der Waals surface area contributed by atoms with Crippen LogP contribution in [0.1, 0.15) is 141 Å². The van der Waals surface area contributed by atoms with Crippen molar-refractivity contribution < 1.29 is 39.3 Å². The lowest BCUT2D eigenvalue weighted by Crippen LogP contribution is -2.34. The van der Waals surface area contributed by atoms with E-state index in [1.807, 2.05) is 0 Å². The molecule has 0 aliphatic heterocycles. The number of nitrogens with one attached hydrogen (secondary N) is 2. The summed E-state index contributed by atoms with van der Waals surface area (Å²) >= 11 is 0. The SMILES string of the molecule is CN[C@@H](CCCCNC(=O)CC[C@H](CC(=O)CCCCCCCCCCCCCCCCC(=O)O)C(=O)O)C(=O)O. The molecule has 0 aromatic rings. The van der Waals surface area contributed by atoms with Gasteiger partial charge < -0.3 is 26.0 Å². The lowest BCUT2D eigenvalue weighted by Gasteiger charge is -2.12. The first kappa shape index (κ1) is 38.5. The van der Waals surface area contributed by atoms with Gasteiger partial charge in [0.2, 0.25) is 5.91 Å². The van der Waals surface area contributed by atoms with Gasteiger partial charge in [-0.3, -0.25) is 24.0 Å². The predicted molar refractivity (Wildman–Crippen MR) is 159 cm³/mol. The molecule has 1 amide bonds. The number of likely N-dealkylation sites (N-methyl/N-ethyl adjacent to an activating group) is 1. The van der Waals surface area contributed by atoms with Crippen LogP contribution in [-0.2, 0) is 24.0 Å². The van der Waals surface area contributed by atoms with Gasteiger partial charge in [-0.25, -0.2) is 0 Å². The number of rotatable bonds is 30. The van der Waals surface area contributed by atoms with E-state index in [-0.39, 0.29) is 37.4 Å². The number of Topliss-reactive ketones (excluding diaryl/α,β-unsaturated/α-hetero) is 1. The lowest BCUT2D eigenvalue weighted by molar-refractivity contribution is -0.144. The van der Waals surface area contributed by atoms with Crippen LogP contribution < -0.4 is 10.6 Å². The number of aliphatic carboxylic acids is 3. The average Bonchev–Trinajstić information content (AvgIpc) is 2.92. The first-order chi connectivity index (χ1) is 19.7. The van der Waals surface area contributed by atoms with Crippen molar-refractivity contribution >= 4 is 29.6 Å². The highest BCUT2D eigenvalue weighted by molar-refractivity contribution is 5.84. The van der Waals surface area contributed by atoms with Gasteiger partial charge in [-0.05, 0) is 45.6 Å². The first-order valence-electron chi connectivity index (χ1n) is 15.8. The molecule has 0 unspecified atom stereocenters. The maximum atomic E-state index is 12.3. The molecule has 5 N–H and O–H groups in total. The third-order valence-electron chi connectivity index (χ3n) is 7.53. The van der Waals surface area contributed by atoms with E-state index in [1.54, 1.807) is 7.05 Å². The second-order valence-electron chi connectivity index (χ2n) is 11.2. The number of carboxylic acid groups (broad SMARTS) is 3. The summed E-state index contributed by atoms with van der Waals surface area (Å²) < 4.78 is 0. The zero-order valence-electron chi connectivity index (χ0n) is 25.3. The molecular formula is C31H56N2O8. The monoisotopic (exact) mass is 584 g/mol. The van der Waals surface area contributed by atoms with E-state index in [0.717, 1.165) is 44.9 Å². The molecule has 0 aliphatic rings. The molecule has 0 rings (SSSR count). The van der Waals surface area contributed by atoms with Gasteiger partial charge in [0.05, 0.1) is 5.92 Å². The summed E-state index contributed by atoms with van der Waals surface area (Å²) in [6, 6.07) is -0.605. The van der Waals surface area contributed by atoms with Gasteiger partial charge >= 0.3 is 17.9 Å². The van der Waals surface area contributed by atoms with E-state index in [2.05, 4.69) is 10.6 Å². The molecule has 238 valence electrons. The number of amides is 1. The summed E-state index contributed by atoms with van der Waals surface area (Å²) in [4.78, 5) is 57.4. The number of unbranched alkanes of at least 4 members (excludes halogenated alkanes) is 14. The molecule has 41 heavy (non-hydrogen) atoms. The predicted octanol–water partition coefficient (Wildman–Crippen LogP) is 5.71. The third-order valence-corrected chi connectivity index (χ3v) is 7.53. The molecule has 10 nitrogen and oxygen atoms in total. The number of carbonyl (C=O) groups excluding carboxylic acids is 2. The molecule has 0 bridgehead atoms. The van der Waals surface area contributed by atoms with Crippen LogP contribution in [0, 0.1) is 5.92 Å². The van der Waals surface area contributed by atoms with Crippen LogP contribution in [0.5, 0.6) is 0 Å². The van der Waals surface area contributed by atoms with Crippen LogP contribution >= 0.6 is 0 Å². The molecule has 0 aromatic carbocycles.